The lowest BCUT2D eigenvalue weighted by Gasteiger charge is -2.35. The first-order valence-corrected chi connectivity index (χ1v) is 7.10. The van der Waals surface area contributed by atoms with Crippen molar-refractivity contribution in [2.45, 2.75) is 64.1 Å². The summed E-state index contributed by atoms with van der Waals surface area (Å²) in [6.07, 6.45) is 10.8. The Morgan fingerprint density at radius 1 is 1.15 bits per heavy atom. The van der Waals surface area contributed by atoms with Gasteiger partial charge in [0.2, 0.25) is 0 Å². The highest BCUT2D eigenvalue weighted by atomic mass is 127. The maximum atomic E-state index is 5.69. The summed E-state index contributed by atoms with van der Waals surface area (Å²) < 4.78 is 6.86. The molecule has 0 amide bonds. The van der Waals surface area contributed by atoms with Gasteiger partial charge in [0, 0.05) is 10.8 Å². The van der Waals surface area contributed by atoms with Gasteiger partial charge in [-0.15, -0.1) is 0 Å². The average Bonchev–Trinajstić information content (AvgIpc) is 2.08. The highest BCUT2D eigenvalue weighted by molar-refractivity contribution is 14.1. The van der Waals surface area contributed by atoms with Gasteiger partial charge < -0.3 is 4.74 Å². The van der Waals surface area contributed by atoms with E-state index in [1.54, 1.807) is 0 Å². The molecule has 1 nitrogen and oxygen atoms in total. The van der Waals surface area contributed by atoms with Crippen molar-refractivity contribution in [2.24, 2.45) is 0 Å². The average molecular weight is 296 g/mol. The van der Waals surface area contributed by atoms with Crippen molar-refractivity contribution in [3.63, 3.8) is 0 Å². The molecule has 13 heavy (non-hydrogen) atoms. The molecule has 2 atom stereocenters. The molecule has 1 fully saturated rings. The molecule has 0 radical (unpaired) electrons. The summed E-state index contributed by atoms with van der Waals surface area (Å²) in [6, 6.07) is 0. The van der Waals surface area contributed by atoms with Crippen LogP contribution >= 0.6 is 22.6 Å². The van der Waals surface area contributed by atoms with Crippen LogP contribution in [0.1, 0.15) is 51.9 Å². The summed E-state index contributed by atoms with van der Waals surface area (Å²) in [5.74, 6) is 0. The minimum Gasteiger partial charge on any atom is -0.374 e. The molecular formula is C11H21IO. The van der Waals surface area contributed by atoms with Crippen molar-refractivity contribution in [1.29, 1.82) is 0 Å². The second-order valence-electron chi connectivity index (χ2n) is 3.97. The summed E-state index contributed by atoms with van der Waals surface area (Å²) in [7, 11) is 0. The maximum Gasteiger partial charge on any atom is 0.0692 e. The van der Waals surface area contributed by atoms with Gasteiger partial charge in [0.1, 0.15) is 0 Å². The molecule has 0 unspecified atom stereocenters. The van der Waals surface area contributed by atoms with E-state index in [1.807, 2.05) is 0 Å². The van der Waals surface area contributed by atoms with Crippen LogP contribution < -0.4 is 0 Å². The normalized spacial score (nSPS) is 27.2. The van der Waals surface area contributed by atoms with Crippen LogP contribution in [0.2, 0.25) is 0 Å². The van der Waals surface area contributed by atoms with Gasteiger partial charge in [0.15, 0.2) is 0 Å². The molecule has 1 aliphatic heterocycles. The smallest absolute Gasteiger partial charge is 0.0692 e. The van der Waals surface area contributed by atoms with Crippen molar-refractivity contribution in [2.75, 3.05) is 4.43 Å². The minimum atomic E-state index is 0.584. The minimum absolute atomic E-state index is 0.584. The molecular weight excluding hydrogens is 275 g/mol. The van der Waals surface area contributed by atoms with Crippen molar-refractivity contribution in [1.82, 2.24) is 0 Å². The van der Waals surface area contributed by atoms with Gasteiger partial charge in [0.05, 0.1) is 12.2 Å². The molecule has 2 heteroatoms. The van der Waals surface area contributed by atoms with Crippen LogP contribution in [-0.2, 0) is 4.74 Å². The van der Waals surface area contributed by atoms with Gasteiger partial charge in [-0.1, -0.05) is 61.6 Å². The molecule has 0 aliphatic carbocycles. The predicted octanol–water partition coefficient (Wildman–Crippen LogP) is 3.94. The van der Waals surface area contributed by atoms with E-state index in [1.165, 1.54) is 49.4 Å². The third-order valence-corrected chi connectivity index (χ3v) is 3.69. The van der Waals surface area contributed by atoms with Crippen LogP contribution in [0.25, 0.3) is 0 Å². The van der Waals surface area contributed by atoms with Gasteiger partial charge in [-0.2, -0.15) is 0 Å². The molecule has 1 rings (SSSR count). The van der Waals surface area contributed by atoms with Crippen molar-refractivity contribution < 1.29 is 4.74 Å². The van der Waals surface area contributed by atoms with Crippen LogP contribution in [0.4, 0.5) is 0 Å². The fourth-order valence-electron chi connectivity index (χ4n) is 1.82. The molecule has 0 bridgehead atoms. The Kier molecular flexibility index (Phi) is 6.37. The van der Waals surface area contributed by atoms with Gasteiger partial charge in [-0.25, -0.2) is 0 Å². The van der Waals surface area contributed by atoms with E-state index in [-0.39, 0.29) is 0 Å². The quantitative estimate of drug-likeness (QED) is 0.393. The Labute approximate surface area is 95.8 Å². The third kappa shape index (κ3) is 4.63. The highest BCUT2D eigenvalue weighted by Gasteiger charge is 2.27. The summed E-state index contributed by atoms with van der Waals surface area (Å²) in [6.45, 7) is 2.26. The molecule has 1 heterocycles. The molecule has 78 valence electrons. The number of halogens is 1. The van der Waals surface area contributed by atoms with Gasteiger partial charge >= 0.3 is 0 Å². The monoisotopic (exact) mass is 296 g/mol. The van der Waals surface area contributed by atoms with Crippen LogP contribution in [0, 0.1) is 0 Å². The zero-order chi connectivity index (χ0) is 9.52. The molecule has 1 saturated heterocycles. The first kappa shape index (κ1) is 11.8. The van der Waals surface area contributed by atoms with Crippen LogP contribution in [0.5, 0.6) is 0 Å². The van der Waals surface area contributed by atoms with Crippen LogP contribution in [-0.4, -0.2) is 16.6 Å². The fourth-order valence-corrected chi connectivity index (χ4v) is 2.38. The van der Waals surface area contributed by atoms with E-state index in [2.05, 4.69) is 29.5 Å². The summed E-state index contributed by atoms with van der Waals surface area (Å²) in [5.41, 5.74) is 0. The number of ether oxygens (including phenoxy) is 1. The number of alkyl halides is 1. The van der Waals surface area contributed by atoms with E-state index >= 15 is 0 Å². The lowest BCUT2D eigenvalue weighted by Crippen LogP contribution is -2.38. The number of unbranched alkanes of at least 4 members (excludes halogenated alkanes) is 4. The zero-order valence-corrected chi connectivity index (χ0v) is 10.8. The van der Waals surface area contributed by atoms with Crippen molar-refractivity contribution in [3.05, 3.63) is 0 Å². The number of hydrogen-bond donors (Lipinski definition) is 0. The van der Waals surface area contributed by atoms with Crippen LogP contribution in [0.3, 0.4) is 0 Å². The lowest BCUT2D eigenvalue weighted by molar-refractivity contribution is -0.113. The predicted molar refractivity (Wildman–Crippen MR) is 65.5 cm³/mol. The van der Waals surface area contributed by atoms with Crippen LogP contribution in [0.15, 0.2) is 0 Å². The second kappa shape index (κ2) is 7.04. The maximum absolute atomic E-state index is 5.69. The van der Waals surface area contributed by atoms with E-state index in [9.17, 15) is 0 Å². The number of rotatable bonds is 7. The molecule has 1 aliphatic rings. The van der Waals surface area contributed by atoms with E-state index in [4.69, 9.17) is 4.74 Å². The van der Waals surface area contributed by atoms with Gasteiger partial charge in [0.25, 0.3) is 0 Å². The van der Waals surface area contributed by atoms with Gasteiger partial charge in [-0.05, 0) is 6.42 Å². The lowest BCUT2D eigenvalue weighted by atomic mass is 10.00. The summed E-state index contributed by atoms with van der Waals surface area (Å²) >= 11 is 2.41. The molecule has 0 aromatic heterocycles. The van der Waals surface area contributed by atoms with Gasteiger partial charge in [-0.3, -0.25) is 0 Å². The van der Waals surface area contributed by atoms with E-state index in [0.717, 1.165) is 0 Å². The zero-order valence-electron chi connectivity index (χ0n) is 8.60. The molecule has 0 spiro atoms. The van der Waals surface area contributed by atoms with E-state index in [0.29, 0.717) is 12.2 Å². The second-order valence-corrected chi connectivity index (χ2v) is 4.85. The molecule has 0 aromatic rings. The Balaban J connectivity index is 1.80. The first-order chi connectivity index (χ1) is 6.36. The molecule has 0 aromatic carbocycles. The standard InChI is InChI=1S/C11H21IO/c1-2-3-4-5-6-7-10-8-11(9-12)13-10/h10-11H,2-9H2,1H3/t10-,11-/m1/s1. The summed E-state index contributed by atoms with van der Waals surface area (Å²) in [5, 5.41) is 0. The first-order valence-electron chi connectivity index (χ1n) is 5.58. The molecule has 0 saturated carbocycles. The Morgan fingerprint density at radius 3 is 2.46 bits per heavy atom. The Bertz CT molecular complexity index is 121. The summed E-state index contributed by atoms with van der Waals surface area (Å²) in [4.78, 5) is 0. The Morgan fingerprint density at radius 2 is 1.85 bits per heavy atom. The number of hydrogen-bond acceptors (Lipinski definition) is 1. The third-order valence-electron chi connectivity index (χ3n) is 2.71. The topological polar surface area (TPSA) is 9.23 Å². The highest BCUT2D eigenvalue weighted by Crippen LogP contribution is 2.26. The van der Waals surface area contributed by atoms with Crippen molar-refractivity contribution >= 4 is 22.6 Å². The van der Waals surface area contributed by atoms with Crippen molar-refractivity contribution in [3.8, 4) is 0 Å². The SMILES string of the molecule is CCCCCCC[C@@H]1C[C@H](CI)O1. The fraction of sp³-hybridized carbons (Fsp3) is 1.00. The largest absolute Gasteiger partial charge is 0.374 e. The molecule has 0 N–H and O–H groups in total. The Hall–Kier alpha value is 0.690. The van der Waals surface area contributed by atoms with E-state index < -0.39 is 0 Å².